The van der Waals surface area contributed by atoms with Crippen LogP contribution in [0.15, 0.2) is 24.3 Å². The van der Waals surface area contributed by atoms with Crippen LogP contribution in [0.1, 0.15) is 25.8 Å². The summed E-state index contributed by atoms with van der Waals surface area (Å²) in [5, 5.41) is 3.02. The van der Waals surface area contributed by atoms with Crippen molar-refractivity contribution in [3.05, 3.63) is 29.8 Å². The van der Waals surface area contributed by atoms with Gasteiger partial charge in [0, 0.05) is 37.8 Å². The zero-order valence-electron chi connectivity index (χ0n) is 14.6. The van der Waals surface area contributed by atoms with E-state index in [-0.39, 0.29) is 11.8 Å². The van der Waals surface area contributed by atoms with Crippen LogP contribution in [0, 0.1) is 11.8 Å². The van der Waals surface area contributed by atoms with E-state index in [0.717, 1.165) is 50.3 Å². The molecule has 2 aliphatic rings. The number of benzene rings is 1. The third-order valence-electron chi connectivity index (χ3n) is 5.15. The summed E-state index contributed by atoms with van der Waals surface area (Å²) in [6.45, 7) is 7.63. The topological polar surface area (TPSA) is 52.7 Å². The predicted molar refractivity (Wildman–Crippen MR) is 94.7 cm³/mol. The average molecular weight is 329 g/mol. The Labute approximate surface area is 144 Å². The molecule has 5 nitrogen and oxygen atoms in total. The molecular formula is C19H27N3O2. The number of anilines is 1. The summed E-state index contributed by atoms with van der Waals surface area (Å²) in [4.78, 5) is 28.6. The molecule has 1 N–H and O–H groups in total. The van der Waals surface area contributed by atoms with E-state index < -0.39 is 0 Å². The summed E-state index contributed by atoms with van der Waals surface area (Å²) in [7, 11) is 0. The van der Waals surface area contributed by atoms with E-state index in [2.05, 4.69) is 24.1 Å². The first-order chi connectivity index (χ1) is 11.6. The fourth-order valence-electron chi connectivity index (χ4n) is 3.37. The minimum absolute atomic E-state index is 0.0199. The number of piperazine rings is 1. The highest BCUT2D eigenvalue weighted by molar-refractivity contribution is 5.93. The molecule has 0 aromatic heterocycles. The van der Waals surface area contributed by atoms with Crippen molar-refractivity contribution in [3.8, 4) is 0 Å². The van der Waals surface area contributed by atoms with E-state index in [9.17, 15) is 9.59 Å². The van der Waals surface area contributed by atoms with Crippen LogP contribution in [-0.2, 0) is 16.0 Å². The van der Waals surface area contributed by atoms with E-state index >= 15 is 0 Å². The molecule has 1 aliphatic heterocycles. The molecule has 1 saturated carbocycles. The molecule has 0 unspecified atom stereocenters. The Morgan fingerprint density at radius 2 is 1.83 bits per heavy atom. The van der Waals surface area contributed by atoms with Gasteiger partial charge in [-0.1, -0.05) is 32.0 Å². The Balaban J connectivity index is 1.45. The quantitative estimate of drug-likeness (QED) is 0.899. The summed E-state index contributed by atoms with van der Waals surface area (Å²) in [6.07, 6.45) is 1.94. The molecule has 2 fully saturated rings. The Morgan fingerprint density at radius 3 is 2.46 bits per heavy atom. The van der Waals surface area contributed by atoms with E-state index in [1.165, 1.54) is 0 Å². The second-order valence-electron chi connectivity index (χ2n) is 6.98. The molecular weight excluding hydrogens is 302 g/mol. The number of carbonyl (C=O) groups is 2. The van der Waals surface area contributed by atoms with Crippen LogP contribution in [0.2, 0.25) is 0 Å². The third-order valence-corrected chi connectivity index (χ3v) is 5.15. The molecule has 0 radical (unpaired) electrons. The minimum atomic E-state index is 0.0199. The highest BCUT2D eigenvalue weighted by Gasteiger charge is 2.41. The summed E-state index contributed by atoms with van der Waals surface area (Å²) in [5.74, 6) is 1.14. The van der Waals surface area contributed by atoms with Crippen LogP contribution in [0.4, 0.5) is 5.69 Å². The maximum absolute atomic E-state index is 12.3. The molecule has 1 heterocycles. The molecule has 3 rings (SSSR count). The Bertz CT molecular complexity index is 608. The second kappa shape index (κ2) is 7.34. The van der Waals surface area contributed by atoms with Gasteiger partial charge in [0.1, 0.15) is 0 Å². The standard InChI is InChI=1S/C19H27N3O2/c1-3-15-6-4-5-7-17(15)20-18(23)13-21-8-10-22(11-9-21)19(24)16-12-14(16)2/h4-7,14,16H,3,8-13H2,1-2H3,(H,20,23)/t14-,16-/m1/s1. The third kappa shape index (κ3) is 3.96. The van der Waals surface area contributed by atoms with Gasteiger partial charge < -0.3 is 10.2 Å². The molecule has 2 amide bonds. The van der Waals surface area contributed by atoms with Crippen LogP contribution in [0.25, 0.3) is 0 Å². The van der Waals surface area contributed by atoms with Crippen molar-refractivity contribution in [1.29, 1.82) is 0 Å². The number of rotatable bonds is 5. The van der Waals surface area contributed by atoms with Gasteiger partial charge in [0.25, 0.3) is 0 Å². The van der Waals surface area contributed by atoms with Crippen LogP contribution < -0.4 is 5.32 Å². The van der Waals surface area contributed by atoms with Gasteiger partial charge in [-0.15, -0.1) is 0 Å². The van der Waals surface area contributed by atoms with Gasteiger partial charge in [0.05, 0.1) is 6.54 Å². The van der Waals surface area contributed by atoms with Crippen LogP contribution in [-0.4, -0.2) is 54.3 Å². The van der Waals surface area contributed by atoms with Gasteiger partial charge in [0.2, 0.25) is 11.8 Å². The molecule has 1 saturated heterocycles. The van der Waals surface area contributed by atoms with E-state index in [1.54, 1.807) is 0 Å². The first-order valence-corrected chi connectivity index (χ1v) is 8.97. The van der Waals surface area contributed by atoms with Crippen molar-refractivity contribution in [1.82, 2.24) is 9.80 Å². The summed E-state index contributed by atoms with van der Waals surface area (Å²) >= 11 is 0. The number of carbonyl (C=O) groups excluding carboxylic acids is 2. The molecule has 1 aliphatic carbocycles. The summed E-state index contributed by atoms with van der Waals surface area (Å²) in [6, 6.07) is 7.92. The average Bonchev–Trinajstić information content (AvgIpc) is 3.32. The van der Waals surface area contributed by atoms with Gasteiger partial charge >= 0.3 is 0 Å². The number of amides is 2. The van der Waals surface area contributed by atoms with E-state index in [4.69, 9.17) is 0 Å². The number of hydrogen-bond acceptors (Lipinski definition) is 3. The van der Waals surface area contributed by atoms with Crippen molar-refractivity contribution in [2.45, 2.75) is 26.7 Å². The summed E-state index contributed by atoms with van der Waals surface area (Å²) < 4.78 is 0. The lowest BCUT2D eigenvalue weighted by atomic mass is 10.1. The molecule has 130 valence electrons. The Morgan fingerprint density at radius 1 is 1.17 bits per heavy atom. The van der Waals surface area contributed by atoms with E-state index in [0.29, 0.717) is 18.4 Å². The van der Waals surface area contributed by atoms with Crippen molar-refractivity contribution in [3.63, 3.8) is 0 Å². The molecule has 5 heteroatoms. The second-order valence-corrected chi connectivity index (χ2v) is 6.98. The lowest BCUT2D eigenvalue weighted by Crippen LogP contribution is -2.51. The van der Waals surface area contributed by atoms with Crippen LogP contribution >= 0.6 is 0 Å². The number of hydrogen-bond donors (Lipinski definition) is 1. The van der Waals surface area contributed by atoms with Crippen molar-refractivity contribution in [2.75, 3.05) is 38.0 Å². The molecule has 1 aromatic rings. The molecule has 0 bridgehead atoms. The molecule has 2 atom stereocenters. The lowest BCUT2D eigenvalue weighted by molar-refractivity contribution is -0.134. The largest absolute Gasteiger partial charge is 0.340 e. The summed E-state index contributed by atoms with van der Waals surface area (Å²) in [5.41, 5.74) is 2.06. The lowest BCUT2D eigenvalue weighted by Gasteiger charge is -2.34. The van der Waals surface area contributed by atoms with Gasteiger partial charge in [-0.25, -0.2) is 0 Å². The highest BCUT2D eigenvalue weighted by atomic mass is 16.2. The number of nitrogens with one attached hydrogen (secondary N) is 1. The molecule has 0 spiro atoms. The minimum Gasteiger partial charge on any atom is -0.340 e. The van der Waals surface area contributed by atoms with Crippen molar-refractivity contribution < 1.29 is 9.59 Å². The van der Waals surface area contributed by atoms with Gasteiger partial charge in [-0.3, -0.25) is 14.5 Å². The Hall–Kier alpha value is -1.88. The molecule has 1 aromatic carbocycles. The normalized spacial score (nSPS) is 23.8. The highest BCUT2D eigenvalue weighted by Crippen LogP contribution is 2.39. The van der Waals surface area contributed by atoms with Crippen molar-refractivity contribution in [2.24, 2.45) is 11.8 Å². The van der Waals surface area contributed by atoms with Gasteiger partial charge in [-0.2, -0.15) is 0 Å². The number of para-hydroxylation sites is 1. The smallest absolute Gasteiger partial charge is 0.238 e. The zero-order chi connectivity index (χ0) is 17.1. The maximum Gasteiger partial charge on any atom is 0.238 e. The van der Waals surface area contributed by atoms with E-state index in [1.807, 2.05) is 29.2 Å². The first-order valence-electron chi connectivity index (χ1n) is 8.97. The zero-order valence-corrected chi connectivity index (χ0v) is 14.6. The SMILES string of the molecule is CCc1ccccc1NC(=O)CN1CCN(C(=O)[C@@H]2C[C@H]2C)CC1. The van der Waals surface area contributed by atoms with Crippen LogP contribution in [0.5, 0.6) is 0 Å². The molecule has 24 heavy (non-hydrogen) atoms. The van der Waals surface area contributed by atoms with Crippen molar-refractivity contribution >= 4 is 17.5 Å². The fourth-order valence-corrected chi connectivity index (χ4v) is 3.37. The maximum atomic E-state index is 12.3. The predicted octanol–water partition coefficient (Wildman–Crippen LogP) is 1.99. The van der Waals surface area contributed by atoms with Gasteiger partial charge in [-0.05, 0) is 30.4 Å². The fraction of sp³-hybridized carbons (Fsp3) is 0.579. The first kappa shape index (κ1) is 17.0. The monoisotopic (exact) mass is 329 g/mol. The van der Waals surface area contributed by atoms with Gasteiger partial charge in [0.15, 0.2) is 0 Å². The Kier molecular flexibility index (Phi) is 5.19. The number of aryl methyl sites for hydroxylation is 1. The van der Waals surface area contributed by atoms with Crippen LogP contribution in [0.3, 0.4) is 0 Å². The number of nitrogens with zero attached hydrogens (tertiary/aromatic N) is 2.